The van der Waals surface area contributed by atoms with Crippen LogP contribution in [0.5, 0.6) is 0 Å². The summed E-state index contributed by atoms with van der Waals surface area (Å²) in [7, 11) is 0. The maximum absolute atomic E-state index is 13.1. The van der Waals surface area contributed by atoms with Crippen molar-refractivity contribution < 1.29 is 24.1 Å². The zero-order valence-electron chi connectivity index (χ0n) is 11.2. The Hall–Kier alpha value is -1.50. The van der Waals surface area contributed by atoms with Crippen LogP contribution in [0.25, 0.3) is 0 Å². The first-order valence-corrected chi connectivity index (χ1v) is 6.47. The van der Waals surface area contributed by atoms with Crippen molar-refractivity contribution in [3.8, 4) is 0 Å². The van der Waals surface area contributed by atoms with E-state index in [0.717, 1.165) is 0 Å². The Morgan fingerprint density at radius 2 is 2.20 bits per heavy atom. The Morgan fingerprint density at radius 3 is 2.90 bits per heavy atom. The van der Waals surface area contributed by atoms with Crippen LogP contribution in [0.1, 0.15) is 15.9 Å². The van der Waals surface area contributed by atoms with Crippen LogP contribution < -0.4 is 5.32 Å². The summed E-state index contributed by atoms with van der Waals surface area (Å²) in [5, 5.41) is 21.9. The number of amides is 1. The third kappa shape index (κ3) is 3.33. The molecule has 3 N–H and O–H groups in total. The molecular weight excluding hydrogens is 265 g/mol. The summed E-state index contributed by atoms with van der Waals surface area (Å²) >= 11 is 0. The summed E-state index contributed by atoms with van der Waals surface area (Å²) in [6.07, 6.45) is -1.85. The van der Waals surface area contributed by atoms with Crippen LogP contribution in [0.4, 0.5) is 4.39 Å². The molecular formula is C14H18FNO4. The van der Waals surface area contributed by atoms with E-state index < -0.39 is 12.2 Å². The van der Waals surface area contributed by atoms with Gasteiger partial charge in [0.2, 0.25) is 0 Å². The molecule has 1 aliphatic rings. The molecule has 0 aromatic heterocycles. The van der Waals surface area contributed by atoms with E-state index in [0.29, 0.717) is 11.1 Å². The van der Waals surface area contributed by atoms with Gasteiger partial charge in [-0.25, -0.2) is 4.39 Å². The highest BCUT2D eigenvalue weighted by molar-refractivity contribution is 5.94. The summed E-state index contributed by atoms with van der Waals surface area (Å²) in [6, 6.07) is 4.11. The van der Waals surface area contributed by atoms with Gasteiger partial charge in [0.15, 0.2) is 0 Å². The van der Waals surface area contributed by atoms with Crippen LogP contribution in [-0.4, -0.2) is 48.1 Å². The summed E-state index contributed by atoms with van der Waals surface area (Å²) in [4.78, 5) is 11.9. The van der Waals surface area contributed by atoms with Gasteiger partial charge in [0, 0.05) is 18.0 Å². The van der Waals surface area contributed by atoms with E-state index in [2.05, 4.69) is 5.32 Å². The first-order valence-electron chi connectivity index (χ1n) is 6.47. The van der Waals surface area contributed by atoms with Crippen molar-refractivity contribution in [3.05, 3.63) is 35.1 Å². The third-order valence-electron chi connectivity index (χ3n) is 3.44. The Morgan fingerprint density at radius 1 is 1.45 bits per heavy atom. The highest BCUT2D eigenvalue weighted by Gasteiger charge is 2.31. The number of rotatable bonds is 3. The molecule has 1 saturated heterocycles. The highest BCUT2D eigenvalue weighted by Crippen LogP contribution is 2.15. The molecule has 5 nitrogen and oxygen atoms in total. The van der Waals surface area contributed by atoms with Crippen LogP contribution in [0.15, 0.2) is 18.2 Å². The molecule has 110 valence electrons. The second kappa shape index (κ2) is 6.30. The lowest BCUT2D eigenvalue weighted by molar-refractivity contribution is -0.118. The number of ether oxygens (including phenoxy) is 1. The molecule has 1 aliphatic heterocycles. The molecule has 20 heavy (non-hydrogen) atoms. The second-order valence-electron chi connectivity index (χ2n) is 5.03. The van der Waals surface area contributed by atoms with E-state index in [1.807, 2.05) is 0 Å². The van der Waals surface area contributed by atoms with Gasteiger partial charge in [-0.3, -0.25) is 4.79 Å². The monoisotopic (exact) mass is 283 g/mol. The minimum atomic E-state index is -0.932. The van der Waals surface area contributed by atoms with Crippen molar-refractivity contribution in [1.82, 2.24) is 5.32 Å². The number of aliphatic hydroxyl groups is 2. The number of hydrogen-bond acceptors (Lipinski definition) is 4. The largest absolute Gasteiger partial charge is 0.390 e. The van der Waals surface area contributed by atoms with Crippen LogP contribution in [0.2, 0.25) is 0 Å². The maximum Gasteiger partial charge on any atom is 0.251 e. The minimum Gasteiger partial charge on any atom is -0.390 e. The van der Waals surface area contributed by atoms with E-state index in [-0.39, 0.29) is 37.4 Å². The molecule has 6 heteroatoms. The van der Waals surface area contributed by atoms with Crippen molar-refractivity contribution in [3.63, 3.8) is 0 Å². The van der Waals surface area contributed by atoms with Crippen LogP contribution >= 0.6 is 0 Å². The quantitative estimate of drug-likeness (QED) is 0.742. The molecule has 3 atom stereocenters. The zero-order chi connectivity index (χ0) is 14.7. The van der Waals surface area contributed by atoms with Crippen LogP contribution in [0, 0.1) is 18.7 Å². The predicted molar refractivity (Wildman–Crippen MR) is 69.8 cm³/mol. The Labute approximate surface area is 116 Å². The van der Waals surface area contributed by atoms with Gasteiger partial charge in [-0.15, -0.1) is 0 Å². The highest BCUT2D eigenvalue weighted by atomic mass is 19.1. The third-order valence-corrected chi connectivity index (χ3v) is 3.44. The first-order chi connectivity index (χ1) is 9.49. The number of carbonyl (C=O) groups excluding carboxylic acids is 1. The number of nitrogens with one attached hydrogen (secondary N) is 1. The lowest BCUT2D eigenvalue weighted by atomic mass is 9.96. The lowest BCUT2D eigenvalue weighted by Crippen LogP contribution is -2.48. The van der Waals surface area contributed by atoms with Crippen molar-refractivity contribution in [2.24, 2.45) is 5.92 Å². The first kappa shape index (κ1) is 14.9. The van der Waals surface area contributed by atoms with Gasteiger partial charge >= 0.3 is 0 Å². The number of aryl methyl sites for hydroxylation is 1. The Kier molecular flexibility index (Phi) is 4.69. The summed E-state index contributed by atoms with van der Waals surface area (Å²) in [5.74, 6) is -1.06. The van der Waals surface area contributed by atoms with Crippen LogP contribution in [-0.2, 0) is 4.74 Å². The molecule has 1 heterocycles. The maximum atomic E-state index is 13.1. The molecule has 0 radical (unpaired) electrons. The molecule has 0 saturated carbocycles. The molecule has 1 fully saturated rings. The fraction of sp³-hybridized carbons (Fsp3) is 0.500. The van der Waals surface area contributed by atoms with Crippen molar-refractivity contribution in [1.29, 1.82) is 0 Å². The van der Waals surface area contributed by atoms with Gasteiger partial charge in [0.25, 0.3) is 5.91 Å². The topological polar surface area (TPSA) is 78.8 Å². The molecule has 0 unspecified atom stereocenters. The average molecular weight is 283 g/mol. The number of carbonyl (C=O) groups is 1. The molecule has 1 aromatic rings. The summed E-state index contributed by atoms with van der Waals surface area (Å²) in [6.45, 7) is 2.15. The summed E-state index contributed by atoms with van der Waals surface area (Å²) in [5.41, 5.74) is 0.754. The molecule has 1 amide bonds. The fourth-order valence-electron chi connectivity index (χ4n) is 2.14. The van der Waals surface area contributed by atoms with Gasteiger partial charge in [0.05, 0.1) is 19.3 Å². The number of aliphatic hydroxyl groups excluding tert-OH is 2. The Bertz CT molecular complexity index is 494. The van der Waals surface area contributed by atoms with Crippen LogP contribution in [0.3, 0.4) is 0 Å². The normalized spacial score (nSPS) is 26.3. The predicted octanol–water partition coefficient (Wildman–Crippen LogP) is 0.232. The minimum absolute atomic E-state index is 0.1000. The standard InChI is InChI=1S/C14H18FNO4/c1-8-4-9(2-3-11(8)15)14(19)16-5-10-6-20-7-12(17)13(10)18/h2-4,10,12-13,17-18H,5-7H2,1H3,(H,16,19)/t10-,12-,13+/m1/s1. The molecule has 0 spiro atoms. The van der Waals surface area contributed by atoms with E-state index in [4.69, 9.17) is 4.74 Å². The zero-order valence-corrected chi connectivity index (χ0v) is 11.2. The van der Waals surface area contributed by atoms with E-state index >= 15 is 0 Å². The number of halogens is 1. The molecule has 0 bridgehead atoms. The van der Waals surface area contributed by atoms with Gasteiger partial charge in [-0.05, 0) is 30.7 Å². The van der Waals surface area contributed by atoms with E-state index in [1.54, 1.807) is 6.92 Å². The molecule has 1 aromatic carbocycles. The summed E-state index contributed by atoms with van der Waals surface area (Å²) < 4.78 is 18.3. The van der Waals surface area contributed by atoms with Gasteiger partial charge < -0.3 is 20.3 Å². The molecule has 0 aliphatic carbocycles. The van der Waals surface area contributed by atoms with Gasteiger partial charge in [0.1, 0.15) is 11.9 Å². The number of hydrogen-bond donors (Lipinski definition) is 3. The van der Waals surface area contributed by atoms with Gasteiger partial charge in [-0.2, -0.15) is 0 Å². The lowest BCUT2D eigenvalue weighted by Gasteiger charge is -2.31. The SMILES string of the molecule is Cc1cc(C(=O)NC[C@@H]2COC[C@@H](O)[C@H]2O)ccc1F. The Balaban J connectivity index is 1.93. The molecule has 2 rings (SSSR count). The second-order valence-corrected chi connectivity index (χ2v) is 5.03. The number of benzene rings is 1. The fourth-order valence-corrected chi connectivity index (χ4v) is 2.14. The van der Waals surface area contributed by atoms with Gasteiger partial charge in [-0.1, -0.05) is 0 Å². The van der Waals surface area contributed by atoms with E-state index in [9.17, 15) is 19.4 Å². The van der Waals surface area contributed by atoms with E-state index in [1.165, 1.54) is 18.2 Å². The van der Waals surface area contributed by atoms with Crippen molar-refractivity contribution >= 4 is 5.91 Å². The van der Waals surface area contributed by atoms with Crippen molar-refractivity contribution in [2.75, 3.05) is 19.8 Å². The van der Waals surface area contributed by atoms with Crippen molar-refractivity contribution in [2.45, 2.75) is 19.1 Å². The average Bonchev–Trinajstić information content (AvgIpc) is 2.43. The smallest absolute Gasteiger partial charge is 0.251 e.